The molecule has 1 aromatic rings. The summed E-state index contributed by atoms with van der Waals surface area (Å²) < 4.78 is 36.1. The first kappa shape index (κ1) is 14.6. The van der Waals surface area contributed by atoms with Gasteiger partial charge >= 0.3 is 0 Å². The molecule has 1 aromatic heterocycles. The molecule has 0 radical (unpaired) electrons. The Morgan fingerprint density at radius 2 is 2.14 bits per heavy atom. The quantitative estimate of drug-likeness (QED) is 0.794. The molecule has 2 fully saturated rings. The Labute approximate surface area is 132 Å². The van der Waals surface area contributed by atoms with Crippen LogP contribution in [0.5, 0.6) is 5.75 Å². The van der Waals surface area contributed by atoms with Crippen LogP contribution in [0.2, 0.25) is 5.15 Å². The van der Waals surface area contributed by atoms with Gasteiger partial charge in [0, 0.05) is 31.1 Å². The summed E-state index contributed by atoms with van der Waals surface area (Å²) in [5, 5.41) is 0.322. The van der Waals surface area contributed by atoms with Crippen molar-refractivity contribution in [3.8, 4) is 5.75 Å². The van der Waals surface area contributed by atoms with Gasteiger partial charge in [0.2, 0.25) is 0 Å². The number of alkyl halides is 1. The maximum absolute atomic E-state index is 14.1. The third-order valence-corrected chi connectivity index (χ3v) is 4.60. The zero-order chi connectivity index (χ0) is 15.2. The SMILES string of the molecule is FC1(COc2cc(Cl)nc3c2CCOC32CCOC2)COC1. The molecule has 5 nitrogen and oxygen atoms in total. The van der Waals surface area contributed by atoms with Gasteiger partial charge in [-0.3, -0.25) is 0 Å². The van der Waals surface area contributed by atoms with Gasteiger partial charge < -0.3 is 18.9 Å². The molecule has 22 heavy (non-hydrogen) atoms. The summed E-state index contributed by atoms with van der Waals surface area (Å²) >= 11 is 6.14. The van der Waals surface area contributed by atoms with E-state index in [4.69, 9.17) is 30.5 Å². The fourth-order valence-electron chi connectivity index (χ4n) is 3.14. The molecule has 1 atom stereocenters. The second kappa shape index (κ2) is 5.30. The van der Waals surface area contributed by atoms with Crippen LogP contribution in [0.1, 0.15) is 17.7 Å². The zero-order valence-corrected chi connectivity index (χ0v) is 12.8. The maximum atomic E-state index is 14.1. The van der Waals surface area contributed by atoms with Crippen LogP contribution >= 0.6 is 11.6 Å². The van der Waals surface area contributed by atoms with E-state index in [-0.39, 0.29) is 19.8 Å². The second-order valence-corrected chi connectivity index (χ2v) is 6.49. The Bertz CT molecular complexity index is 587. The number of rotatable bonds is 3. The van der Waals surface area contributed by atoms with Crippen LogP contribution in [-0.4, -0.2) is 50.3 Å². The Morgan fingerprint density at radius 1 is 1.27 bits per heavy atom. The molecule has 7 heteroatoms. The van der Waals surface area contributed by atoms with Gasteiger partial charge in [-0.1, -0.05) is 11.6 Å². The van der Waals surface area contributed by atoms with Crippen molar-refractivity contribution in [1.82, 2.24) is 4.98 Å². The van der Waals surface area contributed by atoms with Gasteiger partial charge in [0.1, 0.15) is 23.1 Å². The second-order valence-electron chi connectivity index (χ2n) is 6.10. The van der Waals surface area contributed by atoms with Gasteiger partial charge in [-0.15, -0.1) is 0 Å². The van der Waals surface area contributed by atoms with Gasteiger partial charge in [-0.2, -0.15) is 0 Å². The summed E-state index contributed by atoms with van der Waals surface area (Å²) in [7, 11) is 0. The van der Waals surface area contributed by atoms with Crippen molar-refractivity contribution in [2.24, 2.45) is 0 Å². The molecule has 3 aliphatic heterocycles. The number of hydrogen-bond donors (Lipinski definition) is 0. The molecule has 3 aliphatic rings. The van der Waals surface area contributed by atoms with E-state index in [9.17, 15) is 4.39 Å². The number of pyridine rings is 1. The Kier molecular flexibility index (Phi) is 3.52. The molecule has 0 N–H and O–H groups in total. The summed E-state index contributed by atoms with van der Waals surface area (Å²) in [5.74, 6) is 0.591. The van der Waals surface area contributed by atoms with E-state index in [0.29, 0.717) is 37.1 Å². The monoisotopic (exact) mass is 329 g/mol. The van der Waals surface area contributed by atoms with Crippen molar-refractivity contribution < 1.29 is 23.3 Å². The number of aromatic nitrogens is 1. The summed E-state index contributed by atoms with van der Waals surface area (Å²) in [6.07, 6.45) is 1.42. The molecule has 0 aromatic carbocycles. The third kappa shape index (κ3) is 2.38. The summed E-state index contributed by atoms with van der Waals surface area (Å²) in [6, 6.07) is 1.65. The van der Waals surface area contributed by atoms with Crippen molar-refractivity contribution in [2.75, 3.05) is 39.6 Å². The fraction of sp³-hybridized carbons (Fsp3) is 0.667. The topological polar surface area (TPSA) is 49.8 Å². The van der Waals surface area contributed by atoms with Crippen LogP contribution in [0.3, 0.4) is 0 Å². The molecule has 0 amide bonds. The highest BCUT2D eigenvalue weighted by Crippen LogP contribution is 2.42. The average molecular weight is 330 g/mol. The lowest BCUT2D eigenvalue weighted by molar-refractivity contribution is -0.146. The predicted molar refractivity (Wildman–Crippen MR) is 76.2 cm³/mol. The molecule has 0 bridgehead atoms. The van der Waals surface area contributed by atoms with Crippen molar-refractivity contribution in [3.05, 3.63) is 22.5 Å². The maximum Gasteiger partial charge on any atom is 0.190 e. The minimum Gasteiger partial charge on any atom is -0.490 e. The molecule has 0 aliphatic carbocycles. The number of halogens is 2. The smallest absolute Gasteiger partial charge is 0.190 e. The fourth-order valence-corrected chi connectivity index (χ4v) is 3.33. The molecular formula is C15H17ClFNO4. The summed E-state index contributed by atoms with van der Waals surface area (Å²) in [4.78, 5) is 4.45. The van der Waals surface area contributed by atoms with E-state index in [2.05, 4.69) is 4.98 Å². The average Bonchev–Trinajstić information content (AvgIpc) is 2.93. The van der Waals surface area contributed by atoms with E-state index >= 15 is 0 Å². The minimum absolute atomic E-state index is 0.0376. The molecule has 120 valence electrons. The van der Waals surface area contributed by atoms with Crippen LogP contribution < -0.4 is 4.74 Å². The van der Waals surface area contributed by atoms with Crippen LogP contribution in [0.15, 0.2) is 6.07 Å². The lowest BCUT2D eigenvalue weighted by Crippen LogP contribution is -2.50. The van der Waals surface area contributed by atoms with E-state index < -0.39 is 11.3 Å². The van der Waals surface area contributed by atoms with Crippen molar-refractivity contribution in [3.63, 3.8) is 0 Å². The largest absolute Gasteiger partial charge is 0.490 e. The standard InChI is InChI=1S/C15H17ClFNO4/c16-12-5-11(21-8-14(17)6-20-7-14)10-1-3-22-15(13(10)18-12)2-4-19-9-15/h5H,1-4,6-9H2. The highest BCUT2D eigenvalue weighted by molar-refractivity contribution is 6.29. The lowest BCUT2D eigenvalue weighted by Gasteiger charge is -2.36. The van der Waals surface area contributed by atoms with Gasteiger partial charge in [-0.25, -0.2) is 9.37 Å². The highest BCUT2D eigenvalue weighted by Gasteiger charge is 2.45. The number of ether oxygens (including phenoxy) is 4. The Balaban J connectivity index is 1.66. The summed E-state index contributed by atoms with van der Waals surface area (Å²) in [5.41, 5.74) is -0.215. The Hall–Kier alpha value is -0.950. The molecule has 4 heterocycles. The lowest BCUT2D eigenvalue weighted by atomic mass is 9.90. The van der Waals surface area contributed by atoms with Crippen LogP contribution in [-0.2, 0) is 26.2 Å². The highest BCUT2D eigenvalue weighted by atomic mass is 35.5. The van der Waals surface area contributed by atoms with Crippen molar-refractivity contribution in [1.29, 1.82) is 0 Å². The van der Waals surface area contributed by atoms with E-state index in [1.807, 2.05) is 0 Å². The first-order valence-electron chi connectivity index (χ1n) is 7.41. The molecular weight excluding hydrogens is 313 g/mol. The van der Waals surface area contributed by atoms with Crippen LogP contribution in [0.4, 0.5) is 4.39 Å². The normalized spacial score (nSPS) is 29.2. The van der Waals surface area contributed by atoms with E-state index in [0.717, 1.165) is 17.7 Å². The zero-order valence-electron chi connectivity index (χ0n) is 12.1. The molecule has 1 spiro atoms. The van der Waals surface area contributed by atoms with E-state index in [1.54, 1.807) is 6.07 Å². The van der Waals surface area contributed by atoms with Crippen LogP contribution in [0, 0.1) is 0 Å². The Morgan fingerprint density at radius 3 is 2.82 bits per heavy atom. The number of fused-ring (bicyclic) bond motifs is 2. The molecule has 4 rings (SSSR count). The molecule has 1 unspecified atom stereocenters. The van der Waals surface area contributed by atoms with Crippen LogP contribution in [0.25, 0.3) is 0 Å². The minimum atomic E-state index is -1.40. The number of hydrogen-bond acceptors (Lipinski definition) is 5. The summed E-state index contributed by atoms with van der Waals surface area (Å²) in [6.45, 7) is 1.79. The third-order valence-electron chi connectivity index (χ3n) is 4.41. The molecule has 2 saturated heterocycles. The first-order chi connectivity index (χ1) is 10.6. The van der Waals surface area contributed by atoms with Gasteiger partial charge in [-0.05, 0) is 0 Å². The number of nitrogens with zero attached hydrogens (tertiary/aromatic N) is 1. The van der Waals surface area contributed by atoms with Gasteiger partial charge in [0.25, 0.3) is 0 Å². The van der Waals surface area contributed by atoms with Crippen molar-refractivity contribution in [2.45, 2.75) is 24.1 Å². The van der Waals surface area contributed by atoms with Crippen molar-refractivity contribution >= 4 is 11.6 Å². The van der Waals surface area contributed by atoms with Gasteiger partial charge in [0.05, 0.1) is 32.1 Å². The van der Waals surface area contributed by atoms with E-state index in [1.165, 1.54) is 0 Å². The van der Waals surface area contributed by atoms with Gasteiger partial charge in [0.15, 0.2) is 5.67 Å². The molecule has 0 saturated carbocycles. The predicted octanol–water partition coefficient (Wildman–Crippen LogP) is 2.04. The first-order valence-corrected chi connectivity index (χ1v) is 7.79.